The van der Waals surface area contributed by atoms with Crippen LogP contribution in [0.3, 0.4) is 0 Å². The van der Waals surface area contributed by atoms with E-state index in [1.54, 1.807) is 0 Å². The number of ether oxygens (including phenoxy) is 2. The molecule has 0 atom stereocenters. The minimum Gasteiger partial charge on any atom is -0.489 e. The van der Waals surface area contributed by atoms with Crippen LogP contribution in [0.1, 0.15) is 64.7 Å². The summed E-state index contributed by atoms with van der Waals surface area (Å²) >= 11 is 0. The van der Waals surface area contributed by atoms with E-state index in [2.05, 4.69) is 11.7 Å². The minimum atomic E-state index is -8.00. The predicted octanol–water partition coefficient (Wildman–Crippen LogP) is 8.60. The van der Waals surface area contributed by atoms with E-state index in [9.17, 15) is 66.7 Å². The Labute approximate surface area is 231 Å². The lowest BCUT2D eigenvalue weighted by Gasteiger charge is -2.39. The van der Waals surface area contributed by atoms with E-state index < -0.39 is 66.0 Å². The molecule has 4 nitrogen and oxygen atoms in total. The third-order valence-corrected chi connectivity index (χ3v) is 5.93. The maximum Gasteiger partial charge on any atom is 0.460 e. The highest BCUT2D eigenvalue weighted by Gasteiger charge is 2.90. The van der Waals surface area contributed by atoms with Crippen LogP contribution in [0.15, 0.2) is 29.1 Å². The first kappa shape index (κ1) is 37.3. The number of carbonyl (C=O) groups is 1. The first-order valence-corrected chi connectivity index (χ1v) is 12.5. The minimum absolute atomic E-state index is 0.0157. The number of hydrogen-bond acceptors (Lipinski definition) is 4. The van der Waals surface area contributed by atoms with Crippen LogP contribution in [0.5, 0.6) is 11.5 Å². The van der Waals surface area contributed by atoms with Gasteiger partial charge in [-0.2, -0.15) is 57.1 Å². The largest absolute Gasteiger partial charge is 0.489 e. The first-order valence-electron chi connectivity index (χ1n) is 12.5. The van der Waals surface area contributed by atoms with Crippen molar-refractivity contribution in [3.05, 3.63) is 34.5 Å². The number of rotatable bonds is 17. The van der Waals surface area contributed by atoms with Gasteiger partial charge in [0.05, 0.1) is 13.0 Å². The van der Waals surface area contributed by atoms with Crippen molar-refractivity contribution in [2.24, 2.45) is 0 Å². The van der Waals surface area contributed by atoms with Crippen molar-refractivity contribution in [1.82, 2.24) is 0 Å². The first-order chi connectivity index (χ1) is 19.1. The molecular formula is C25H27F13O4. The zero-order chi connectivity index (χ0) is 32.6. The second kappa shape index (κ2) is 14.1. The highest BCUT2D eigenvalue weighted by molar-refractivity contribution is 5.72. The molecule has 0 aliphatic rings. The van der Waals surface area contributed by atoms with E-state index in [1.165, 1.54) is 0 Å². The lowest BCUT2D eigenvalue weighted by Crippen LogP contribution is -2.70. The van der Waals surface area contributed by atoms with Gasteiger partial charge in [0.1, 0.15) is 5.75 Å². The third-order valence-electron chi connectivity index (χ3n) is 5.93. The van der Waals surface area contributed by atoms with Crippen molar-refractivity contribution in [2.75, 3.05) is 6.61 Å². The van der Waals surface area contributed by atoms with Crippen LogP contribution in [0.2, 0.25) is 0 Å². The number of halogens is 13. The summed E-state index contributed by atoms with van der Waals surface area (Å²) in [6.07, 6.45) is -3.72. The molecule has 0 heterocycles. The fourth-order valence-electron chi connectivity index (χ4n) is 3.38. The predicted molar refractivity (Wildman–Crippen MR) is 122 cm³/mol. The van der Waals surface area contributed by atoms with Gasteiger partial charge < -0.3 is 9.47 Å². The fraction of sp³-hybridized carbons (Fsp3) is 0.680. The lowest BCUT2D eigenvalue weighted by molar-refractivity contribution is -0.440. The Balaban J connectivity index is 2.87. The van der Waals surface area contributed by atoms with Crippen molar-refractivity contribution in [3.63, 3.8) is 0 Å². The molecule has 242 valence electrons. The molecule has 42 heavy (non-hydrogen) atoms. The number of hydrogen-bond donors (Lipinski definition) is 0. The van der Waals surface area contributed by atoms with Crippen molar-refractivity contribution in [2.45, 2.75) is 101 Å². The normalized spacial score (nSPS) is 13.7. The van der Waals surface area contributed by atoms with E-state index in [0.717, 1.165) is 50.7 Å². The molecule has 0 fully saturated rings. The van der Waals surface area contributed by atoms with Crippen LogP contribution in [-0.4, -0.2) is 48.4 Å². The summed E-state index contributed by atoms with van der Waals surface area (Å²) in [7, 11) is 0. The summed E-state index contributed by atoms with van der Waals surface area (Å²) < 4.78 is 181. The summed E-state index contributed by atoms with van der Waals surface area (Å²) in [4.78, 5) is 24.0. The van der Waals surface area contributed by atoms with E-state index in [4.69, 9.17) is 4.74 Å². The van der Waals surface area contributed by atoms with Gasteiger partial charge >= 0.3 is 41.8 Å². The van der Waals surface area contributed by atoms with Crippen molar-refractivity contribution >= 4 is 5.97 Å². The van der Waals surface area contributed by atoms with Gasteiger partial charge in [-0.1, -0.05) is 45.4 Å². The van der Waals surface area contributed by atoms with E-state index in [-0.39, 0.29) is 12.2 Å². The Morgan fingerprint density at radius 3 is 1.71 bits per heavy atom. The zero-order valence-electron chi connectivity index (χ0n) is 21.9. The maximum atomic E-state index is 13.9. The van der Waals surface area contributed by atoms with Gasteiger partial charge in [0.15, 0.2) is 5.75 Å². The van der Waals surface area contributed by atoms with E-state index >= 15 is 0 Å². The standard InChI is InChI=1S/C25H27F13O4/c1-2-3-4-5-6-7-8-9-19(40)42-16-10-12-17(39)18(13-11-16)41-15-14-20(26,27)21(28,29)22(30,31)23(32,33)24(34,35)25(36,37)38/h10-13H,2-9,14-15H2,1H3. The Hall–Kier alpha value is -2.75. The second-order valence-corrected chi connectivity index (χ2v) is 9.24. The molecule has 0 aliphatic heterocycles. The molecule has 0 saturated carbocycles. The molecule has 0 N–H and O–H groups in total. The Morgan fingerprint density at radius 2 is 1.17 bits per heavy atom. The van der Waals surface area contributed by atoms with Crippen LogP contribution in [-0.2, 0) is 4.79 Å². The van der Waals surface area contributed by atoms with Gasteiger partial charge in [0.25, 0.3) is 0 Å². The van der Waals surface area contributed by atoms with Gasteiger partial charge in [-0.3, -0.25) is 9.59 Å². The van der Waals surface area contributed by atoms with Crippen LogP contribution >= 0.6 is 0 Å². The molecule has 0 bridgehead atoms. The summed E-state index contributed by atoms with van der Waals surface area (Å²) in [6.45, 7) is 0.273. The fourth-order valence-corrected chi connectivity index (χ4v) is 3.38. The van der Waals surface area contributed by atoms with Crippen LogP contribution in [0, 0.1) is 0 Å². The average Bonchev–Trinajstić information content (AvgIpc) is 3.03. The number of unbranched alkanes of at least 4 members (excludes halogenated alkanes) is 6. The molecule has 0 aromatic heterocycles. The summed E-state index contributed by atoms with van der Waals surface area (Å²) in [5, 5.41) is 0. The van der Waals surface area contributed by atoms with E-state index in [0.29, 0.717) is 18.6 Å². The third kappa shape index (κ3) is 8.42. The molecule has 17 heteroatoms. The SMILES string of the molecule is CCCCCCCCCC(=O)Oc1ccc(OCCC(F)(F)C(F)(F)C(F)(F)C(F)(F)C(F)(F)C(F)(F)F)c(=O)cc1. The van der Waals surface area contributed by atoms with Crippen LogP contribution in [0.25, 0.3) is 0 Å². The molecule has 1 aromatic rings. The Kier molecular flexibility index (Phi) is 12.6. The van der Waals surface area contributed by atoms with Gasteiger partial charge in [-0.25, -0.2) is 0 Å². The van der Waals surface area contributed by atoms with E-state index in [1.807, 2.05) is 0 Å². The quantitative estimate of drug-likeness (QED) is 0.0975. The monoisotopic (exact) mass is 638 g/mol. The number of carbonyl (C=O) groups excluding carboxylic acids is 1. The van der Waals surface area contributed by atoms with Gasteiger partial charge in [-0.05, 0) is 30.7 Å². The average molecular weight is 638 g/mol. The van der Waals surface area contributed by atoms with Gasteiger partial charge in [0, 0.05) is 6.42 Å². The lowest BCUT2D eigenvalue weighted by atomic mass is 9.93. The molecule has 0 saturated heterocycles. The van der Waals surface area contributed by atoms with Gasteiger partial charge in [0.2, 0.25) is 5.43 Å². The topological polar surface area (TPSA) is 52.6 Å². The molecular weight excluding hydrogens is 611 g/mol. The molecule has 0 aliphatic carbocycles. The summed E-state index contributed by atoms with van der Waals surface area (Å²) in [5.74, 6) is -39.3. The Morgan fingerprint density at radius 1 is 0.667 bits per heavy atom. The molecule has 0 radical (unpaired) electrons. The van der Waals surface area contributed by atoms with Crippen LogP contribution < -0.4 is 14.9 Å². The summed E-state index contributed by atoms with van der Waals surface area (Å²) in [5.41, 5.74) is -1.14. The van der Waals surface area contributed by atoms with Crippen molar-refractivity contribution < 1.29 is 71.3 Å². The van der Waals surface area contributed by atoms with Crippen molar-refractivity contribution in [3.8, 4) is 11.5 Å². The number of esters is 1. The summed E-state index contributed by atoms with van der Waals surface area (Å²) in [6, 6.07) is 3.26. The molecule has 0 spiro atoms. The molecule has 1 rings (SSSR count). The highest BCUT2D eigenvalue weighted by atomic mass is 19.4. The van der Waals surface area contributed by atoms with Crippen LogP contribution in [0.4, 0.5) is 57.1 Å². The second-order valence-electron chi connectivity index (χ2n) is 9.24. The molecule has 0 amide bonds. The van der Waals surface area contributed by atoms with Gasteiger partial charge in [-0.15, -0.1) is 0 Å². The molecule has 0 unspecified atom stereocenters. The number of alkyl halides is 13. The van der Waals surface area contributed by atoms with Crippen molar-refractivity contribution in [1.29, 1.82) is 0 Å². The molecule has 1 aromatic carbocycles. The smallest absolute Gasteiger partial charge is 0.460 e. The highest BCUT2D eigenvalue weighted by Crippen LogP contribution is 2.60. The Bertz CT molecular complexity index is 1090. The maximum absolute atomic E-state index is 13.9. The zero-order valence-corrected chi connectivity index (χ0v) is 21.9.